The predicted octanol–water partition coefficient (Wildman–Crippen LogP) is 3.69. The minimum Gasteiger partial charge on any atom is -0.465 e. The van der Waals surface area contributed by atoms with Gasteiger partial charge in [0.1, 0.15) is 12.4 Å². The number of ketones is 1. The van der Waals surface area contributed by atoms with Gasteiger partial charge in [-0.2, -0.15) is 17.7 Å². The van der Waals surface area contributed by atoms with Gasteiger partial charge in [-0.05, 0) is 37.8 Å². The van der Waals surface area contributed by atoms with E-state index in [1.807, 2.05) is 6.08 Å². The third-order valence-corrected chi connectivity index (χ3v) is 6.51. The molecule has 2 aliphatic rings. The van der Waals surface area contributed by atoms with Gasteiger partial charge in [0, 0.05) is 41.6 Å². The first-order chi connectivity index (χ1) is 15.5. The maximum atomic E-state index is 14.7. The van der Waals surface area contributed by atoms with Crippen molar-refractivity contribution in [2.45, 2.75) is 44.0 Å². The summed E-state index contributed by atoms with van der Waals surface area (Å²) in [5.74, 6) is -0.543. The quantitative estimate of drug-likeness (QED) is 0.484. The van der Waals surface area contributed by atoms with Crippen LogP contribution in [0.5, 0.6) is 0 Å². The third kappa shape index (κ3) is 5.30. The minimum absolute atomic E-state index is 0.0295. The number of Topliss-reactive ketones (excluding diaryl/α,β-unsaturated/α-hetero) is 1. The van der Waals surface area contributed by atoms with Gasteiger partial charge >= 0.3 is 5.97 Å². The van der Waals surface area contributed by atoms with E-state index in [9.17, 15) is 14.0 Å². The smallest absolute Gasteiger partial charge is 0.327 e. The van der Waals surface area contributed by atoms with E-state index in [4.69, 9.17) is 17.4 Å². The lowest BCUT2D eigenvalue weighted by Gasteiger charge is -2.37. The van der Waals surface area contributed by atoms with Crippen LogP contribution >= 0.6 is 12.6 Å². The van der Waals surface area contributed by atoms with Crippen LogP contribution in [-0.2, 0) is 20.9 Å². The summed E-state index contributed by atoms with van der Waals surface area (Å²) < 4.78 is 21.2. The molecule has 1 aliphatic carbocycles. The maximum absolute atomic E-state index is 14.7. The average Bonchev–Trinajstić information content (AvgIpc) is 3.53. The summed E-state index contributed by atoms with van der Waals surface area (Å²) in [6, 6.07) is 5.99. The number of hydrogen-bond donors (Lipinski definition) is 1. The summed E-state index contributed by atoms with van der Waals surface area (Å²) >= 11 is 4.74. The molecule has 2 unspecified atom stereocenters. The number of aromatic nitrogens is 2. The third-order valence-electron chi connectivity index (χ3n) is 5.92. The Labute approximate surface area is 192 Å². The van der Waals surface area contributed by atoms with Crippen molar-refractivity contribution in [2.24, 2.45) is 5.92 Å². The first-order valence-electron chi connectivity index (χ1n) is 11.0. The first-order valence-corrected chi connectivity index (χ1v) is 11.6. The van der Waals surface area contributed by atoms with Crippen LogP contribution in [0.4, 0.5) is 4.39 Å². The molecule has 0 N–H and O–H groups in total. The molecular formula is C24H28FN3O3S. The van der Waals surface area contributed by atoms with Crippen LogP contribution < -0.4 is 0 Å². The second-order valence-electron chi connectivity index (χ2n) is 8.37. The van der Waals surface area contributed by atoms with Gasteiger partial charge in [0.15, 0.2) is 5.78 Å². The maximum Gasteiger partial charge on any atom is 0.327 e. The number of carbonyl (C=O) groups is 2. The molecule has 6 nitrogen and oxygen atoms in total. The summed E-state index contributed by atoms with van der Waals surface area (Å²) in [6.45, 7) is 3.34. The van der Waals surface area contributed by atoms with Crippen LogP contribution in [-0.4, -0.2) is 51.4 Å². The van der Waals surface area contributed by atoms with Crippen LogP contribution in [0.25, 0.3) is 6.08 Å². The highest BCUT2D eigenvalue weighted by molar-refractivity contribution is 7.81. The van der Waals surface area contributed by atoms with E-state index in [-0.39, 0.29) is 35.3 Å². The van der Waals surface area contributed by atoms with Crippen LogP contribution in [0.3, 0.4) is 0 Å². The Balaban J connectivity index is 1.55. The number of carbonyl (C=O) groups excluding carboxylic acids is 2. The number of halogens is 1. The topological polar surface area (TPSA) is 64.4 Å². The molecular weight excluding hydrogens is 429 g/mol. The summed E-state index contributed by atoms with van der Waals surface area (Å²) in [5.41, 5.74) is 2.34. The number of hydrogen-bond acceptors (Lipinski definition) is 6. The number of rotatable bonds is 8. The molecule has 1 aliphatic heterocycles. The Bertz CT molecular complexity index is 1020. The van der Waals surface area contributed by atoms with Gasteiger partial charge in [0.2, 0.25) is 0 Å². The first kappa shape index (κ1) is 22.7. The Morgan fingerprint density at radius 3 is 2.81 bits per heavy atom. The van der Waals surface area contributed by atoms with Gasteiger partial charge in [0.25, 0.3) is 0 Å². The number of likely N-dealkylation sites (tertiary alicyclic amines) is 1. The van der Waals surface area contributed by atoms with Crippen LogP contribution in [0.2, 0.25) is 0 Å². The standard InChI is InChI=1S/C24H28FN3O3S/c1-2-31-22(29)15-28-13-16(12-26-28)11-18-14-27(10-9-21(18)32)23(24(30)17-7-8-17)19-5-3-4-6-20(19)25/h3-6,11-13,17,21,23,32H,2,7-10,14-15H2,1H3/b18-11+. The highest BCUT2D eigenvalue weighted by atomic mass is 32.1. The number of ether oxygens (including phenoxy) is 1. The van der Waals surface area contributed by atoms with E-state index >= 15 is 0 Å². The number of nitrogens with zero attached hydrogens (tertiary/aromatic N) is 3. The van der Waals surface area contributed by atoms with Gasteiger partial charge in [-0.1, -0.05) is 24.3 Å². The fraction of sp³-hybridized carbons (Fsp3) is 0.458. The van der Waals surface area contributed by atoms with Crippen molar-refractivity contribution in [1.82, 2.24) is 14.7 Å². The number of esters is 1. The molecule has 0 radical (unpaired) electrons. The lowest BCUT2D eigenvalue weighted by molar-refractivity contribution is -0.144. The zero-order valence-electron chi connectivity index (χ0n) is 18.1. The predicted molar refractivity (Wildman–Crippen MR) is 123 cm³/mol. The van der Waals surface area contributed by atoms with Gasteiger partial charge < -0.3 is 4.74 Å². The molecule has 0 spiro atoms. The van der Waals surface area contributed by atoms with Crippen molar-refractivity contribution < 1.29 is 18.7 Å². The molecule has 8 heteroatoms. The van der Waals surface area contributed by atoms with Crippen LogP contribution in [0.1, 0.15) is 43.4 Å². The lowest BCUT2D eigenvalue weighted by Crippen LogP contribution is -2.42. The monoisotopic (exact) mass is 457 g/mol. The van der Waals surface area contributed by atoms with Crippen molar-refractivity contribution >= 4 is 30.5 Å². The van der Waals surface area contributed by atoms with Crippen LogP contribution in [0, 0.1) is 11.7 Å². The van der Waals surface area contributed by atoms with Gasteiger partial charge in [-0.25, -0.2) is 4.39 Å². The Morgan fingerprint density at radius 1 is 1.31 bits per heavy atom. The van der Waals surface area contributed by atoms with Gasteiger partial charge in [0.05, 0.1) is 18.8 Å². The summed E-state index contributed by atoms with van der Waals surface area (Å²) in [5, 5.41) is 4.27. The SMILES string of the molecule is CCOC(=O)Cn1cc(/C=C2\CN(C(C(=O)C3CC3)c3ccccc3F)CCC2S)cn1. The Kier molecular flexibility index (Phi) is 7.10. The molecule has 32 heavy (non-hydrogen) atoms. The second kappa shape index (κ2) is 10.0. The van der Waals surface area contributed by atoms with E-state index in [2.05, 4.69) is 10.00 Å². The fourth-order valence-corrected chi connectivity index (χ4v) is 4.44. The second-order valence-corrected chi connectivity index (χ2v) is 8.99. The molecule has 2 fully saturated rings. The number of piperidine rings is 1. The minimum atomic E-state index is -0.584. The van der Waals surface area contributed by atoms with Crippen molar-refractivity contribution in [1.29, 1.82) is 0 Å². The normalized spacial score (nSPS) is 21.5. The Hall–Kier alpha value is -2.45. The van der Waals surface area contributed by atoms with E-state index < -0.39 is 6.04 Å². The van der Waals surface area contributed by atoms with E-state index in [0.29, 0.717) is 25.3 Å². The van der Waals surface area contributed by atoms with Crippen molar-refractivity contribution in [2.75, 3.05) is 19.7 Å². The highest BCUT2D eigenvalue weighted by Gasteiger charge is 2.40. The fourth-order valence-electron chi connectivity index (χ4n) is 4.17. The van der Waals surface area contributed by atoms with E-state index in [1.165, 1.54) is 10.7 Å². The van der Waals surface area contributed by atoms with Crippen LogP contribution in [0.15, 0.2) is 42.2 Å². The van der Waals surface area contributed by atoms with Crippen molar-refractivity contribution in [3.63, 3.8) is 0 Å². The highest BCUT2D eigenvalue weighted by Crippen LogP contribution is 2.39. The molecule has 1 aromatic heterocycles. The molecule has 2 heterocycles. The summed E-state index contributed by atoms with van der Waals surface area (Å²) in [7, 11) is 0. The molecule has 1 saturated carbocycles. The molecule has 1 saturated heterocycles. The zero-order chi connectivity index (χ0) is 22.7. The summed E-state index contributed by atoms with van der Waals surface area (Å²) in [4.78, 5) is 26.9. The molecule has 2 aromatic rings. The number of thiol groups is 1. The van der Waals surface area contributed by atoms with E-state index in [0.717, 1.165) is 30.4 Å². The molecule has 1 aromatic carbocycles. The van der Waals surface area contributed by atoms with Crippen molar-refractivity contribution in [3.05, 3.63) is 59.2 Å². The molecule has 170 valence electrons. The summed E-state index contributed by atoms with van der Waals surface area (Å²) in [6.07, 6.45) is 8.00. The molecule has 2 atom stereocenters. The van der Waals surface area contributed by atoms with Gasteiger partial charge in [-0.3, -0.25) is 19.2 Å². The average molecular weight is 458 g/mol. The molecule has 0 amide bonds. The Morgan fingerprint density at radius 2 is 2.09 bits per heavy atom. The molecule has 4 rings (SSSR count). The zero-order valence-corrected chi connectivity index (χ0v) is 19.0. The van der Waals surface area contributed by atoms with E-state index in [1.54, 1.807) is 37.5 Å². The number of benzene rings is 1. The van der Waals surface area contributed by atoms with Crippen molar-refractivity contribution in [3.8, 4) is 0 Å². The lowest BCUT2D eigenvalue weighted by atomic mass is 9.93. The molecule has 0 bridgehead atoms. The van der Waals surface area contributed by atoms with Gasteiger partial charge in [-0.15, -0.1) is 0 Å². The largest absolute Gasteiger partial charge is 0.465 e.